The number of benzene rings is 1. The fourth-order valence-corrected chi connectivity index (χ4v) is 2.49. The van der Waals surface area contributed by atoms with Gasteiger partial charge in [0.05, 0.1) is 0 Å². The summed E-state index contributed by atoms with van der Waals surface area (Å²) in [4.78, 5) is 13.6. The first-order chi connectivity index (χ1) is 12.2. The number of aryl methyl sites for hydroxylation is 1. The first-order valence-corrected chi connectivity index (χ1v) is 8.53. The van der Waals surface area contributed by atoms with Crippen LogP contribution in [0.25, 0.3) is 11.5 Å². The Morgan fingerprint density at radius 2 is 1.60 bits per heavy atom. The van der Waals surface area contributed by atoms with Crippen LogP contribution in [0.4, 0.5) is 11.5 Å². The van der Waals surface area contributed by atoms with Crippen LogP contribution in [-0.2, 0) is 0 Å². The molecule has 0 saturated carbocycles. The summed E-state index contributed by atoms with van der Waals surface area (Å²) < 4.78 is 0. The molecule has 0 bridgehead atoms. The molecule has 25 heavy (non-hydrogen) atoms. The Labute approximate surface area is 148 Å². The molecule has 2 N–H and O–H groups in total. The minimum absolute atomic E-state index is 0.661. The number of pyridine rings is 1. The van der Waals surface area contributed by atoms with Crippen molar-refractivity contribution < 1.29 is 0 Å². The highest BCUT2D eigenvalue weighted by Crippen LogP contribution is 2.20. The molecule has 2 aromatic heterocycles. The second-order valence-electron chi connectivity index (χ2n) is 5.89. The topological polar surface area (TPSA) is 62.7 Å². The predicted octanol–water partition coefficient (Wildman–Crippen LogP) is 4.07. The van der Waals surface area contributed by atoms with E-state index in [9.17, 15) is 0 Å². The van der Waals surface area contributed by atoms with Crippen molar-refractivity contribution in [2.24, 2.45) is 0 Å². The highest BCUT2D eigenvalue weighted by molar-refractivity contribution is 5.56. The normalized spacial score (nSPS) is 10.5. The van der Waals surface area contributed by atoms with Gasteiger partial charge in [-0.25, -0.2) is 9.97 Å². The second-order valence-corrected chi connectivity index (χ2v) is 5.89. The number of para-hydroxylation sites is 1. The summed E-state index contributed by atoms with van der Waals surface area (Å²) in [5.41, 5.74) is 3.99. The largest absolute Gasteiger partial charge is 0.385 e. The third kappa shape index (κ3) is 4.53. The van der Waals surface area contributed by atoms with E-state index in [1.54, 1.807) is 6.20 Å². The number of hydrogen-bond acceptors (Lipinski definition) is 5. The van der Waals surface area contributed by atoms with Crippen LogP contribution in [0.15, 0.2) is 54.7 Å². The molecule has 0 saturated heterocycles. The smallest absolute Gasteiger partial charge is 0.180 e. The monoisotopic (exact) mass is 333 g/mol. The molecule has 0 amide bonds. The van der Waals surface area contributed by atoms with Gasteiger partial charge in [-0.1, -0.05) is 24.3 Å². The maximum atomic E-state index is 4.65. The lowest BCUT2D eigenvalue weighted by molar-refractivity contribution is 0.897. The van der Waals surface area contributed by atoms with Crippen molar-refractivity contribution in [1.82, 2.24) is 15.0 Å². The first kappa shape index (κ1) is 16.9. The lowest BCUT2D eigenvalue weighted by atomic mass is 10.2. The van der Waals surface area contributed by atoms with Crippen LogP contribution in [0.2, 0.25) is 0 Å². The van der Waals surface area contributed by atoms with Crippen LogP contribution in [0.3, 0.4) is 0 Å². The summed E-state index contributed by atoms with van der Waals surface area (Å²) in [6.07, 6.45) is 2.76. The van der Waals surface area contributed by atoms with Crippen molar-refractivity contribution >= 4 is 11.5 Å². The van der Waals surface area contributed by atoms with Gasteiger partial charge < -0.3 is 10.6 Å². The summed E-state index contributed by atoms with van der Waals surface area (Å²) in [6.45, 7) is 5.81. The molecule has 0 aliphatic heterocycles. The van der Waals surface area contributed by atoms with Gasteiger partial charge in [0.15, 0.2) is 5.82 Å². The van der Waals surface area contributed by atoms with E-state index in [2.05, 4.69) is 37.7 Å². The second kappa shape index (κ2) is 8.24. The van der Waals surface area contributed by atoms with E-state index in [1.807, 2.05) is 50.2 Å². The molecule has 0 fully saturated rings. The number of anilines is 2. The number of nitrogens with zero attached hydrogens (tertiary/aromatic N) is 3. The van der Waals surface area contributed by atoms with Crippen molar-refractivity contribution in [2.75, 3.05) is 23.7 Å². The molecule has 0 unspecified atom stereocenters. The zero-order valence-corrected chi connectivity index (χ0v) is 14.7. The quantitative estimate of drug-likeness (QED) is 0.638. The Morgan fingerprint density at radius 1 is 0.840 bits per heavy atom. The van der Waals surface area contributed by atoms with Crippen LogP contribution in [0.5, 0.6) is 0 Å². The predicted molar refractivity (Wildman–Crippen MR) is 103 cm³/mol. The Kier molecular flexibility index (Phi) is 5.57. The van der Waals surface area contributed by atoms with Crippen molar-refractivity contribution in [3.63, 3.8) is 0 Å². The standard InChI is InChI=1S/C20H23N5/c1-15-16(2)24-20(18-11-6-7-12-22-18)25-19(15)23-14-8-13-21-17-9-4-3-5-10-17/h3-7,9-12,21H,8,13-14H2,1-2H3,(H,23,24,25). The lowest BCUT2D eigenvalue weighted by Gasteiger charge is -2.12. The summed E-state index contributed by atoms with van der Waals surface area (Å²) in [5.74, 6) is 1.54. The SMILES string of the molecule is Cc1nc(-c2ccccn2)nc(NCCCNc2ccccc2)c1C. The van der Waals surface area contributed by atoms with Crippen LogP contribution in [0.1, 0.15) is 17.7 Å². The number of hydrogen-bond donors (Lipinski definition) is 2. The maximum Gasteiger partial charge on any atom is 0.180 e. The Balaban J connectivity index is 1.59. The molecule has 128 valence electrons. The Bertz CT molecular complexity index is 803. The zero-order valence-electron chi connectivity index (χ0n) is 14.7. The molecule has 0 aliphatic rings. The molecule has 2 heterocycles. The van der Waals surface area contributed by atoms with Gasteiger partial charge in [0.2, 0.25) is 0 Å². The van der Waals surface area contributed by atoms with E-state index in [4.69, 9.17) is 0 Å². The fourth-order valence-electron chi connectivity index (χ4n) is 2.49. The third-order valence-corrected chi connectivity index (χ3v) is 4.03. The van der Waals surface area contributed by atoms with E-state index in [0.29, 0.717) is 5.82 Å². The molecule has 3 aromatic rings. The minimum atomic E-state index is 0.661. The van der Waals surface area contributed by atoms with Crippen LogP contribution in [-0.4, -0.2) is 28.0 Å². The van der Waals surface area contributed by atoms with Crippen molar-refractivity contribution in [1.29, 1.82) is 0 Å². The van der Waals surface area contributed by atoms with Gasteiger partial charge in [0.25, 0.3) is 0 Å². The molecule has 0 atom stereocenters. The average molecular weight is 333 g/mol. The highest BCUT2D eigenvalue weighted by atomic mass is 15.0. The van der Waals surface area contributed by atoms with Crippen LogP contribution in [0, 0.1) is 13.8 Å². The molecule has 0 aliphatic carbocycles. The summed E-state index contributed by atoms with van der Waals surface area (Å²) >= 11 is 0. The highest BCUT2D eigenvalue weighted by Gasteiger charge is 2.10. The number of nitrogens with one attached hydrogen (secondary N) is 2. The zero-order chi connectivity index (χ0) is 17.5. The van der Waals surface area contributed by atoms with Crippen molar-refractivity contribution in [3.05, 3.63) is 66.0 Å². The Morgan fingerprint density at radius 3 is 2.36 bits per heavy atom. The van der Waals surface area contributed by atoms with E-state index >= 15 is 0 Å². The van der Waals surface area contributed by atoms with Gasteiger partial charge in [0, 0.05) is 36.2 Å². The summed E-state index contributed by atoms with van der Waals surface area (Å²) in [5, 5.41) is 6.84. The van der Waals surface area contributed by atoms with Gasteiger partial charge in [0.1, 0.15) is 11.5 Å². The van der Waals surface area contributed by atoms with Gasteiger partial charge in [-0.15, -0.1) is 0 Å². The molecule has 1 aromatic carbocycles. The molecule has 5 heteroatoms. The molecular formula is C20H23N5. The average Bonchev–Trinajstić information content (AvgIpc) is 2.66. The lowest BCUT2D eigenvalue weighted by Crippen LogP contribution is -2.12. The molecular weight excluding hydrogens is 310 g/mol. The van der Waals surface area contributed by atoms with E-state index in [-0.39, 0.29) is 0 Å². The van der Waals surface area contributed by atoms with E-state index in [1.165, 1.54) is 0 Å². The number of aromatic nitrogens is 3. The van der Waals surface area contributed by atoms with Crippen LogP contribution < -0.4 is 10.6 Å². The van der Waals surface area contributed by atoms with E-state index < -0.39 is 0 Å². The van der Waals surface area contributed by atoms with Crippen molar-refractivity contribution in [2.45, 2.75) is 20.3 Å². The van der Waals surface area contributed by atoms with Crippen molar-refractivity contribution in [3.8, 4) is 11.5 Å². The molecule has 0 spiro atoms. The first-order valence-electron chi connectivity index (χ1n) is 8.53. The van der Waals surface area contributed by atoms with Gasteiger partial charge in [-0.05, 0) is 44.5 Å². The summed E-state index contributed by atoms with van der Waals surface area (Å²) in [7, 11) is 0. The van der Waals surface area contributed by atoms with Crippen LogP contribution >= 0.6 is 0 Å². The Hall–Kier alpha value is -2.95. The molecule has 3 rings (SSSR count). The minimum Gasteiger partial charge on any atom is -0.385 e. The van der Waals surface area contributed by atoms with Gasteiger partial charge in [-0.2, -0.15) is 0 Å². The molecule has 0 radical (unpaired) electrons. The van der Waals surface area contributed by atoms with Gasteiger partial charge in [-0.3, -0.25) is 4.98 Å². The number of rotatable bonds is 7. The maximum absolute atomic E-state index is 4.65. The fraction of sp³-hybridized carbons (Fsp3) is 0.250. The summed E-state index contributed by atoms with van der Waals surface area (Å²) in [6, 6.07) is 16.0. The third-order valence-electron chi connectivity index (χ3n) is 4.03. The van der Waals surface area contributed by atoms with Gasteiger partial charge >= 0.3 is 0 Å². The molecule has 5 nitrogen and oxygen atoms in total. The van der Waals surface area contributed by atoms with E-state index in [0.717, 1.165) is 48.0 Å².